The van der Waals surface area contributed by atoms with Crippen molar-refractivity contribution in [1.82, 2.24) is 15.4 Å². The highest BCUT2D eigenvalue weighted by Gasteiger charge is 2.31. The van der Waals surface area contributed by atoms with Crippen molar-refractivity contribution in [3.63, 3.8) is 0 Å². The number of rotatable bonds is 2. The minimum absolute atomic E-state index is 0.0519. The first-order chi connectivity index (χ1) is 7.58. The normalized spacial score (nSPS) is 21.1. The fourth-order valence-corrected chi connectivity index (χ4v) is 1.65. The molecule has 0 saturated carbocycles. The Kier molecular flexibility index (Phi) is 2.64. The summed E-state index contributed by atoms with van der Waals surface area (Å²) in [6.45, 7) is 3.83. The molecule has 6 nitrogen and oxygen atoms in total. The Morgan fingerprint density at radius 3 is 3.00 bits per heavy atom. The van der Waals surface area contributed by atoms with E-state index >= 15 is 0 Å². The van der Waals surface area contributed by atoms with Gasteiger partial charge in [-0.15, -0.1) is 0 Å². The first-order valence-electron chi connectivity index (χ1n) is 5.07. The zero-order valence-electron chi connectivity index (χ0n) is 9.19. The van der Waals surface area contributed by atoms with Gasteiger partial charge in [0.1, 0.15) is 6.04 Å². The van der Waals surface area contributed by atoms with Gasteiger partial charge in [-0.25, -0.2) is 0 Å². The molecular weight excluding hydrogens is 210 g/mol. The molecule has 1 aromatic rings. The Balaban J connectivity index is 2.12. The average molecular weight is 223 g/mol. The van der Waals surface area contributed by atoms with Gasteiger partial charge in [-0.05, 0) is 13.8 Å². The fraction of sp³-hybridized carbons (Fsp3) is 0.500. The molecule has 6 heteroatoms. The Labute approximate surface area is 92.6 Å². The molecule has 0 aliphatic carbocycles. The summed E-state index contributed by atoms with van der Waals surface area (Å²) in [5, 5.41) is 6.26. The van der Waals surface area contributed by atoms with Crippen molar-refractivity contribution in [2.24, 2.45) is 0 Å². The van der Waals surface area contributed by atoms with Gasteiger partial charge in [0, 0.05) is 6.07 Å². The van der Waals surface area contributed by atoms with Crippen LogP contribution in [0.1, 0.15) is 18.4 Å². The molecule has 1 saturated heterocycles. The van der Waals surface area contributed by atoms with Crippen molar-refractivity contribution in [3.05, 3.63) is 17.5 Å². The number of carbonyl (C=O) groups is 2. The highest BCUT2D eigenvalue weighted by Crippen LogP contribution is 2.12. The van der Waals surface area contributed by atoms with Crippen molar-refractivity contribution in [1.29, 1.82) is 0 Å². The fourth-order valence-electron chi connectivity index (χ4n) is 1.65. The number of carbonyl (C=O) groups excluding carboxylic acids is 2. The lowest BCUT2D eigenvalue weighted by molar-refractivity contribution is -0.145. The van der Waals surface area contributed by atoms with Crippen LogP contribution in [-0.4, -0.2) is 34.5 Å². The zero-order valence-corrected chi connectivity index (χ0v) is 9.19. The summed E-state index contributed by atoms with van der Waals surface area (Å²) in [7, 11) is 0. The quantitative estimate of drug-likeness (QED) is 0.755. The van der Waals surface area contributed by atoms with Crippen molar-refractivity contribution in [2.45, 2.75) is 26.4 Å². The summed E-state index contributed by atoms with van der Waals surface area (Å²) >= 11 is 0. The van der Waals surface area contributed by atoms with Crippen molar-refractivity contribution in [2.75, 3.05) is 6.54 Å². The van der Waals surface area contributed by atoms with Gasteiger partial charge in [0.25, 0.3) is 0 Å². The van der Waals surface area contributed by atoms with Crippen LogP contribution >= 0.6 is 0 Å². The molecule has 2 rings (SSSR count). The van der Waals surface area contributed by atoms with Crippen LogP contribution in [0.25, 0.3) is 0 Å². The lowest BCUT2D eigenvalue weighted by atomic mass is 10.2. The van der Waals surface area contributed by atoms with E-state index in [4.69, 9.17) is 4.52 Å². The predicted octanol–water partition coefficient (Wildman–Crippen LogP) is -0.170. The minimum Gasteiger partial charge on any atom is -0.359 e. The second kappa shape index (κ2) is 3.96. The largest absolute Gasteiger partial charge is 0.359 e. The Morgan fingerprint density at radius 1 is 1.62 bits per heavy atom. The molecule has 2 amide bonds. The van der Waals surface area contributed by atoms with Crippen LogP contribution < -0.4 is 5.32 Å². The molecule has 1 aromatic heterocycles. The molecule has 86 valence electrons. The summed E-state index contributed by atoms with van der Waals surface area (Å²) in [5.41, 5.74) is 0.761. The SMILES string of the molecule is Cc1cc(CN2C(=O)CNC(=O)C2C)on1. The van der Waals surface area contributed by atoms with Gasteiger partial charge in [0.15, 0.2) is 5.76 Å². The van der Waals surface area contributed by atoms with E-state index in [1.165, 1.54) is 4.90 Å². The third-order valence-electron chi connectivity index (χ3n) is 2.58. The third kappa shape index (κ3) is 1.91. The maximum absolute atomic E-state index is 11.6. The molecule has 1 aliphatic rings. The second-order valence-corrected chi connectivity index (χ2v) is 3.85. The summed E-state index contributed by atoms with van der Waals surface area (Å²) in [4.78, 5) is 24.5. The Morgan fingerprint density at radius 2 is 2.38 bits per heavy atom. The second-order valence-electron chi connectivity index (χ2n) is 3.85. The van der Waals surface area contributed by atoms with E-state index in [1.807, 2.05) is 0 Å². The van der Waals surface area contributed by atoms with Gasteiger partial charge >= 0.3 is 0 Å². The van der Waals surface area contributed by atoms with E-state index in [0.717, 1.165) is 5.69 Å². The van der Waals surface area contributed by atoms with Gasteiger partial charge in [-0.3, -0.25) is 9.59 Å². The molecule has 1 N–H and O–H groups in total. The number of piperazine rings is 1. The number of hydrogen-bond acceptors (Lipinski definition) is 4. The smallest absolute Gasteiger partial charge is 0.243 e. The van der Waals surface area contributed by atoms with Gasteiger partial charge < -0.3 is 14.7 Å². The summed E-state index contributed by atoms with van der Waals surface area (Å²) in [5.74, 6) is 0.337. The standard InChI is InChI=1S/C10H13N3O3/c1-6-3-8(16-12-6)5-13-7(2)10(15)11-4-9(13)14/h3,7H,4-5H2,1-2H3,(H,11,15). The van der Waals surface area contributed by atoms with Gasteiger partial charge in [0.05, 0.1) is 18.8 Å². The molecule has 0 radical (unpaired) electrons. The van der Waals surface area contributed by atoms with E-state index in [-0.39, 0.29) is 24.9 Å². The number of aryl methyl sites for hydroxylation is 1. The first-order valence-corrected chi connectivity index (χ1v) is 5.07. The number of nitrogens with one attached hydrogen (secondary N) is 1. The Bertz CT molecular complexity index is 427. The van der Waals surface area contributed by atoms with Crippen molar-refractivity contribution >= 4 is 11.8 Å². The molecule has 1 fully saturated rings. The zero-order chi connectivity index (χ0) is 11.7. The monoisotopic (exact) mass is 223 g/mol. The van der Waals surface area contributed by atoms with Crippen LogP contribution in [0, 0.1) is 6.92 Å². The Hall–Kier alpha value is -1.85. The van der Waals surface area contributed by atoms with E-state index in [1.54, 1.807) is 19.9 Å². The van der Waals surface area contributed by atoms with Crippen LogP contribution in [0.3, 0.4) is 0 Å². The highest BCUT2D eigenvalue weighted by molar-refractivity contribution is 5.94. The molecule has 1 aliphatic heterocycles. The lowest BCUT2D eigenvalue weighted by Crippen LogP contribution is -2.56. The van der Waals surface area contributed by atoms with E-state index in [0.29, 0.717) is 5.76 Å². The van der Waals surface area contributed by atoms with Gasteiger partial charge in [-0.1, -0.05) is 5.16 Å². The van der Waals surface area contributed by atoms with E-state index in [2.05, 4.69) is 10.5 Å². The molecule has 0 bridgehead atoms. The minimum atomic E-state index is -0.466. The highest BCUT2D eigenvalue weighted by atomic mass is 16.5. The van der Waals surface area contributed by atoms with Gasteiger partial charge in [0.2, 0.25) is 11.8 Å². The van der Waals surface area contributed by atoms with Crippen LogP contribution in [0.15, 0.2) is 10.6 Å². The average Bonchev–Trinajstić information content (AvgIpc) is 2.65. The molecule has 1 unspecified atom stereocenters. The molecule has 0 spiro atoms. The topological polar surface area (TPSA) is 75.4 Å². The number of nitrogens with zero attached hydrogens (tertiary/aromatic N) is 2. The first kappa shape index (κ1) is 10.7. The molecule has 0 aromatic carbocycles. The van der Waals surface area contributed by atoms with Gasteiger partial charge in [-0.2, -0.15) is 0 Å². The molecule has 16 heavy (non-hydrogen) atoms. The summed E-state index contributed by atoms with van der Waals surface area (Å²) in [6.07, 6.45) is 0. The van der Waals surface area contributed by atoms with Crippen LogP contribution in [0.2, 0.25) is 0 Å². The van der Waals surface area contributed by atoms with Crippen molar-refractivity contribution < 1.29 is 14.1 Å². The molecule has 1 atom stereocenters. The summed E-state index contributed by atoms with van der Waals surface area (Å²) < 4.78 is 5.02. The van der Waals surface area contributed by atoms with Crippen molar-refractivity contribution in [3.8, 4) is 0 Å². The van der Waals surface area contributed by atoms with Crippen LogP contribution in [0.5, 0.6) is 0 Å². The van der Waals surface area contributed by atoms with Crippen LogP contribution in [0.4, 0.5) is 0 Å². The number of aromatic nitrogens is 1. The molecular formula is C10H13N3O3. The lowest BCUT2D eigenvalue weighted by Gasteiger charge is -2.31. The third-order valence-corrected chi connectivity index (χ3v) is 2.58. The maximum atomic E-state index is 11.6. The number of amides is 2. The molecule has 2 heterocycles. The summed E-state index contributed by atoms with van der Waals surface area (Å²) in [6, 6.07) is 1.29. The predicted molar refractivity (Wildman–Crippen MR) is 54.3 cm³/mol. The van der Waals surface area contributed by atoms with E-state index in [9.17, 15) is 9.59 Å². The number of hydrogen-bond donors (Lipinski definition) is 1. The van der Waals surface area contributed by atoms with Crippen LogP contribution in [-0.2, 0) is 16.1 Å². The van der Waals surface area contributed by atoms with E-state index < -0.39 is 6.04 Å². The maximum Gasteiger partial charge on any atom is 0.243 e.